The molecule has 88 valence electrons. The second kappa shape index (κ2) is 4.29. The Labute approximate surface area is 97.3 Å². The number of aryl methyl sites for hydroxylation is 1. The van der Waals surface area contributed by atoms with Gasteiger partial charge in [-0.1, -0.05) is 19.1 Å². The fourth-order valence-corrected chi connectivity index (χ4v) is 1.66. The van der Waals surface area contributed by atoms with Crippen molar-refractivity contribution < 1.29 is 9.90 Å². The minimum atomic E-state index is -1.14. The second-order valence-corrected chi connectivity index (χ2v) is 3.64. The summed E-state index contributed by atoms with van der Waals surface area (Å²) in [6, 6.07) is 7.22. The molecule has 0 fully saturated rings. The molecule has 0 aliphatic heterocycles. The van der Waals surface area contributed by atoms with Crippen LogP contribution in [0.1, 0.15) is 23.0 Å². The normalized spacial score (nSPS) is 10.4. The summed E-state index contributed by atoms with van der Waals surface area (Å²) in [5, 5.41) is 8.96. The number of aromatic nitrogens is 2. The van der Waals surface area contributed by atoms with Crippen LogP contribution in [0.25, 0.3) is 5.69 Å². The zero-order valence-electron chi connectivity index (χ0n) is 9.30. The van der Waals surface area contributed by atoms with Gasteiger partial charge in [0.05, 0.1) is 5.69 Å². The Hall–Kier alpha value is -2.30. The molecule has 2 aromatic rings. The van der Waals surface area contributed by atoms with Crippen LogP contribution in [0.2, 0.25) is 0 Å². The first-order chi connectivity index (χ1) is 8.13. The maximum absolute atomic E-state index is 11.5. The molecule has 1 heterocycles. The van der Waals surface area contributed by atoms with E-state index in [0.29, 0.717) is 5.69 Å². The Bertz CT molecular complexity index is 593. The molecule has 0 atom stereocenters. The van der Waals surface area contributed by atoms with Gasteiger partial charge in [0, 0.05) is 6.20 Å². The van der Waals surface area contributed by atoms with E-state index in [2.05, 4.69) is 4.98 Å². The predicted molar refractivity (Wildman–Crippen MR) is 62.7 cm³/mol. The van der Waals surface area contributed by atoms with Crippen LogP contribution in [0.15, 0.2) is 35.3 Å². The van der Waals surface area contributed by atoms with E-state index in [9.17, 15) is 9.59 Å². The van der Waals surface area contributed by atoms with Gasteiger partial charge in [0.25, 0.3) is 0 Å². The molecule has 0 amide bonds. The molecule has 17 heavy (non-hydrogen) atoms. The third kappa shape index (κ3) is 1.99. The van der Waals surface area contributed by atoms with Crippen LogP contribution in [0, 0.1) is 0 Å². The SMILES string of the molecule is CCc1ccc(-n2c(C(=O)O)c[nH]c2=O)cc1. The highest BCUT2D eigenvalue weighted by molar-refractivity contribution is 5.86. The number of carbonyl (C=O) groups is 1. The van der Waals surface area contributed by atoms with E-state index in [1.807, 2.05) is 19.1 Å². The molecule has 1 aromatic carbocycles. The van der Waals surface area contributed by atoms with E-state index in [-0.39, 0.29) is 5.69 Å². The van der Waals surface area contributed by atoms with Crippen LogP contribution >= 0.6 is 0 Å². The largest absolute Gasteiger partial charge is 0.477 e. The Kier molecular flexibility index (Phi) is 2.82. The molecular formula is C12H12N2O3. The summed E-state index contributed by atoms with van der Waals surface area (Å²) >= 11 is 0. The third-order valence-corrected chi connectivity index (χ3v) is 2.60. The molecule has 0 radical (unpaired) electrons. The Morgan fingerprint density at radius 3 is 2.53 bits per heavy atom. The molecule has 0 aliphatic carbocycles. The smallest absolute Gasteiger partial charge is 0.354 e. The van der Waals surface area contributed by atoms with Gasteiger partial charge in [-0.15, -0.1) is 0 Å². The number of rotatable bonds is 3. The quantitative estimate of drug-likeness (QED) is 0.840. The maximum atomic E-state index is 11.5. The van der Waals surface area contributed by atoms with Gasteiger partial charge in [-0.2, -0.15) is 0 Å². The van der Waals surface area contributed by atoms with Crippen LogP contribution in [0.4, 0.5) is 0 Å². The summed E-state index contributed by atoms with van der Waals surface area (Å²) in [7, 11) is 0. The zero-order chi connectivity index (χ0) is 12.4. The summed E-state index contributed by atoms with van der Waals surface area (Å²) < 4.78 is 1.14. The van der Waals surface area contributed by atoms with Gasteiger partial charge in [0.2, 0.25) is 0 Å². The summed E-state index contributed by atoms with van der Waals surface area (Å²) in [6.45, 7) is 2.03. The van der Waals surface area contributed by atoms with Gasteiger partial charge in [-0.05, 0) is 24.1 Å². The lowest BCUT2D eigenvalue weighted by molar-refractivity contribution is 0.0688. The van der Waals surface area contributed by atoms with Crippen LogP contribution in [-0.2, 0) is 6.42 Å². The lowest BCUT2D eigenvalue weighted by Gasteiger charge is -2.04. The number of benzene rings is 1. The van der Waals surface area contributed by atoms with E-state index in [1.54, 1.807) is 12.1 Å². The van der Waals surface area contributed by atoms with E-state index >= 15 is 0 Å². The van der Waals surface area contributed by atoms with Crippen molar-refractivity contribution in [3.8, 4) is 5.69 Å². The number of carboxylic acid groups (broad SMARTS) is 1. The second-order valence-electron chi connectivity index (χ2n) is 3.64. The van der Waals surface area contributed by atoms with Gasteiger partial charge in [0.1, 0.15) is 0 Å². The monoisotopic (exact) mass is 232 g/mol. The van der Waals surface area contributed by atoms with E-state index in [1.165, 1.54) is 6.20 Å². The molecule has 0 spiro atoms. The average molecular weight is 232 g/mol. The molecule has 2 rings (SSSR count). The highest BCUT2D eigenvalue weighted by atomic mass is 16.4. The number of hydrogen-bond donors (Lipinski definition) is 2. The number of H-pyrrole nitrogens is 1. The number of aromatic carboxylic acids is 1. The lowest BCUT2D eigenvalue weighted by atomic mass is 10.1. The summed E-state index contributed by atoms with van der Waals surface area (Å²) in [5.41, 5.74) is 1.16. The lowest BCUT2D eigenvalue weighted by Crippen LogP contribution is -2.19. The molecule has 5 nitrogen and oxygen atoms in total. The van der Waals surface area contributed by atoms with Gasteiger partial charge in [-0.25, -0.2) is 9.59 Å². The molecule has 0 saturated heterocycles. The van der Waals surface area contributed by atoms with E-state index in [0.717, 1.165) is 16.6 Å². The topological polar surface area (TPSA) is 75.1 Å². The number of nitrogens with zero attached hydrogens (tertiary/aromatic N) is 1. The number of imidazole rings is 1. The molecule has 1 aromatic heterocycles. The molecule has 2 N–H and O–H groups in total. The molecule has 0 aliphatic rings. The Balaban J connectivity index is 2.55. The third-order valence-electron chi connectivity index (χ3n) is 2.60. The number of carboxylic acids is 1. The van der Waals surface area contributed by atoms with Crippen molar-refractivity contribution in [1.29, 1.82) is 0 Å². The maximum Gasteiger partial charge on any atom is 0.354 e. The average Bonchev–Trinajstić information content (AvgIpc) is 2.71. The summed E-state index contributed by atoms with van der Waals surface area (Å²) in [4.78, 5) is 24.9. The van der Waals surface area contributed by atoms with Gasteiger partial charge >= 0.3 is 11.7 Å². The fourth-order valence-electron chi connectivity index (χ4n) is 1.66. The first kappa shape index (κ1) is 11.2. The van der Waals surface area contributed by atoms with Crippen molar-refractivity contribution in [2.45, 2.75) is 13.3 Å². The van der Waals surface area contributed by atoms with Crippen molar-refractivity contribution >= 4 is 5.97 Å². The molecule has 5 heteroatoms. The number of hydrogen-bond acceptors (Lipinski definition) is 2. The van der Waals surface area contributed by atoms with E-state index < -0.39 is 11.7 Å². The molecular weight excluding hydrogens is 220 g/mol. The van der Waals surface area contributed by atoms with Crippen LogP contribution in [0.5, 0.6) is 0 Å². The van der Waals surface area contributed by atoms with Crippen LogP contribution in [0.3, 0.4) is 0 Å². The Morgan fingerprint density at radius 2 is 2.00 bits per heavy atom. The highest BCUT2D eigenvalue weighted by Crippen LogP contribution is 2.10. The van der Waals surface area contributed by atoms with Crippen molar-refractivity contribution in [2.24, 2.45) is 0 Å². The Morgan fingerprint density at radius 1 is 1.35 bits per heavy atom. The standard InChI is InChI=1S/C12H12N2O3/c1-2-8-3-5-9(6-4-8)14-10(11(15)16)7-13-12(14)17/h3-7H,2H2,1H3,(H,13,17)(H,15,16). The van der Waals surface area contributed by atoms with Crippen LogP contribution in [-0.4, -0.2) is 20.6 Å². The van der Waals surface area contributed by atoms with Crippen LogP contribution < -0.4 is 5.69 Å². The summed E-state index contributed by atoms with van der Waals surface area (Å²) in [6.07, 6.45) is 2.09. The van der Waals surface area contributed by atoms with E-state index in [4.69, 9.17) is 5.11 Å². The summed E-state index contributed by atoms with van der Waals surface area (Å²) in [5.74, 6) is -1.14. The molecule has 0 unspecified atom stereocenters. The van der Waals surface area contributed by atoms with Crippen molar-refractivity contribution in [1.82, 2.24) is 9.55 Å². The van der Waals surface area contributed by atoms with Gasteiger partial charge in [-0.3, -0.25) is 4.57 Å². The zero-order valence-corrected chi connectivity index (χ0v) is 9.30. The highest BCUT2D eigenvalue weighted by Gasteiger charge is 2.14. The minimum absolute atomic E-state index is 0.0701. The van der Waals surface area contributed by atoms with Gasteiger partial charge < -0.3 is 10.1 Å². The number of nitrogens with one attached hydrogen (secondary N) is 1. The van der Waals surface area contributed by atoms with Crippen molar-refractivity contribution in [3.05, 3.63) is 52.2 Å². The van der Waals surface area contributed by atoms with Crippen molar-refractivity contribution in [3.63, 3.8) is 0 Å². The predicted octanol–water partition coefficient (Wildman–Crippen LogP) is 1.43. The van der Waals surface area contributed by atoms with Gasteiger partial charge in [0.15, 0.2) is 5.69 Å². The minimum Gasteiger partial charge on any atom is -0.477 e. The molecule has 0 saturated carbocycles. The fraction of sp³-hybridized carbons (Fsp3) is 0.167. The first-order valence-corrected chi connectivity index (χ1v) is 5.26. The molecule has 0 bridgehead atoms. The van der Waals surface area contributed by atoms with Crippen molar-refractivity contribution in [2.75, 3.05) is 0 Å². The first-order valence-electron chi connectivity index (χ1n) is 5.26. The number of aromatic amines is 1.